The Labute approximate surface area is 132 Å². The van der Waals surface area contributed by atoms with Gasteiger partial charge in [0.1, 0.15) is 5.75 Å². The van der Waals surface area contributed by atoms with Crippen LogP contribution in [-0.2, 0) is 11.4 Å². The lowest BCUT2D eigenvalue weighted by Gasteiger charge is -2.12. The molecule has 1 amide bonds. The molecule has 22 heavy (non-hydrogen) atoms. The van der Waals surface area contributed by atoms with Gasteiger partial charge in [-0.25, -0.2) is 4.39 Å². The number of nitrogens with two attached hydrogens (primary N) is 1. The number of carbonyl (C=O) groups is 1. The minimum absolute atomic E-state index is 0.0853. The highest BCUT2D eigenvalue weighted by Gasteiger charge is 2.15. The van der Waals surface area contributed by atoms with Crippen molar-refractivity contribution in [1.82, 2.24) is 0 Å². The summed E-state index contributed by atoms with van der Waals surface area (Å²) in [5.41, 5.74) is 5.85. The lowest BCUT2D eigenvalue weighted by molar-refractivity contribution is -0.117. The van der Waals surface area contributed by atoms with Gasteiger partial charge >= 0.3 is 0 Å². The number of amides is 1. The number of rotatable bonds is 6. The van der Waals surface area contributed by atoms with E-state index in [1.165, 1.54) is 18.6 Å². The summed E-state index contributed by atoms with van der Waals surface area (Å²) in [5.74, 6) is -1.04. The van der Waals surface area contributed by atoms with Crippen LogP contribution in [0.15, 0.2) is 36.4 Å². The topological polar surface area (TPSA) is 72.6 Å². The van der Waals surface area contributed by atoms with Crippen LogP contribution in [0, 0.1) is 12.2 Å². The molecule has 2 aromatic rings. The van der Waals surface area contributed by atoms with Crippen LogP contribution in [0.2, 0.25) is 5.02 Å². The van der Waals surface area contributed by atoms with Gasteiger partial charge in [-0.1, -0.05) is 29.8 Å². The molecule has 6 heteroatoms. The van der Waals surface area contributed by atoms with Crippen LogP contribution in [0.5, 0.6) is 11.5 Å². The Morgan fingerprint density at radius 1 is 1.36 bits per heavy atom. The first-order valence-corrected chi connectivity index (χ1v) is 6.86. The Morgan fingerprint density at radius 3 is 2.82 bits per heavy atom. The third-order valence-electron chi connectivity index (χ3n) is 2.90. The summed E-state index contributed by atoms with van der Waals surface area (Å²) in [6.45, 7) is -0.153. The number of hydrogen-bond acceptors (Lipinski definition) is 3. The molecule has 4 nitrogen and oxygen atoms in total. The van der Waals surface area contributed by atoms with Gasteiger partial charge in [-0.3, -0.25) is 4.79 Å². The Balaban J connectivity index is 2.29. The predicted molar refractivity (Wildman–Crippen MR) is 81.1 cm³/mol. The van der Waals surface area contributed by atoms with Gasteiger partial charge in [0.2, 0.25) is 5.91 Å². The zero-order valence-corrected chi connectivity index (χ0v) is 12.3. The Kier molecular flexibility index (Phi) is 5.35. The van der Waals surface area contributed by atoms with Crippen LogP contribution >= 0.6 is 11.6 Å². The average Bonchev–Trinajstić information content (AvgIpc) is 2.50. The zero-order chi connectivity index (χ0) is 16.1. The molecule has 2 rings (SSSR count). The van der Waals surface area contributed by atoms with Crippen molar-refractivity contribution in [3.05, 3.63) is 64.8 Å². The summed E-state index contributed by atoms with van der Waals surface area (Å²) in [5, 5.41) is 9.20. The standard InChI is InChI=1S/C16H14ClFNO3/c17-13-6-4-11(5-7-14(19)21)15(18)16(13)22-12-3-1-2-10(8-12)9-20/h1-6,8,20H,7,9H2,(H2,19,21). The number of aliphatic hydroxyl groups excluding tert-OH is 1. The molecule has 0 bridgehead atoms. The van der Waals surface area contributed by atoms with Gasteiger partial charge in [0, 0.05) is 12.8 Å². The molecular formula is C16H14ClFNO3. The van der Waals surface area contributed by atoms with E-state index in [2.05, 4.69) is 0 Å². The molecule has 0 saturated carbocycles. The molecule has 0 aliphatic heterocycles. The monoisotopic (exact) mass is 322 g/mol. The molecule has 2 aromatic carbocycles. The number of ether oxygens (including phenoxy) is 1. The SMILES string of the molecule is NC(=O)C[CH]c1ccc(Cl)c(Oc2cccc(CO)c2)c1F. The van der Waals surface area contributed by atoms with E-state index in [1.807, 2.05) is 0 Å². The number of carbonyl (C=O) groups excluding carboxylic acids is 1. The van der Waals surface area contributed by atoms with E-state index in [0.29, 0.717) is 11.3 Å². The molecule has 0 aromatic heterocycles. The third-order valence-corrected chi connectivity index (χ3v) is 3.20. The van der Waals surface area contributed by atoms with Gasteiger partial charge in [-0.2, -0.15) is 0 Å². The molecular weight excluding hydrogens is 309 g/mol. The van der Waals surface area contributed by atoms with Crippen molar-refractivity contribution in [2.24, 2.45) is 5.73 Å². The van der Waals surface area contributed by atoms with E-state index >= 15 is 0 Å². The van der Waals surface area contributed by atoms with Crippen LogP contribution in [0.25, 0.3) is 0 Å². The number of benzene rings is 2. The molecule has 1 radical (unpaired) electrons. The van der Waals surface area contributed by atoms with E-state index in [4.69, 9.17) is 27.2 Å². The molecule has 0 heterocycles. The molecule has 0 aliphatic rings. The molecule has 0 aliphatic carbocycles. The molecule has 0 atom stereocenters. The second-order valence-electron chi connectivity index (χ2n) is 4.56. The second-order valence-corrected chi connectivity index (χ2v) is 4.97. The lowest BCUT2D eigenvalue weighted by Crippen LogP contribution is -2.10. The van der Waals surface area contributed by atoms with E-state index in [9.17, 15) is 9.18 Å². The highest BCUT2D eigenvalue weighted by molar-refractivity contribution is 6.32. The number of primary amides is 1. The molecule has 0 saturated heterocycles. The van der Waals surface area contributed by atoms with Crippen molar-refractivity contribution >= 4 is 17.5 Å². The van der Waals surface area contributed by atoms with Crippen LogP contribution in [0.1, 0.15) is 17.5 Å². The fraction of sp³-hybridized carbons (Fsp3) is 0.125. The van der Waals surface area contributed by atoms with Gasteiger partial charge in [0.25, 0.3) is 0 Å². The average molecular weight is 323 g/mol. The van der Waals surface area contributed by atoms with Crippen molar-refractivity contribution in [1.29, 1.82) is 0 Å². The van der Waals surface area contributed by atoms with E-state index in [-0.39, 0.29) is 29.4 Å². The summed E-state index contributed by atoms with van der Waals surface area (Å²) in [7, 11) is 0. The van der Waals surface area contributed by atoms with Gasteiger partial charge < -0.3 is 15.6 Å². The van der Waals surface area contributed by atoms with Gasteiger partial charge in [0.05, 0.1) is 11.6 Å². The Hall–Kier alpha value is -2.11. The van der Waals surface area contributed by atoms with Crippen molar-refractivity contribution in [3.63, 3.8) is 0 Å². The molecule has 0 spiro atoms. The minimum Gasteiger partial charge on any atom is -0.453 e. The largest absolute Gasteiger partial charge is 0.453 e. The van der Waals surface area contributed by atoms with E-state index < -0.39 is 11.7 Å². The van der Waals surface area contributed by atoms with Crippen LogP contribution in [0.3, 0.4) is 0 Å². The summed E-state index contributed by atoms with van der Waals surface area (Å²) in [6, 6.07) is 9.50. The van der Waals surface area contributed by atoms with E-state index in [1.54, 1.807) is 24.3 Å². The summed E-state index contributed by atoms with van der Waals surface area (Å²) < 4.78 is 19.9. The van der Waals surface area contributed by atoms with Crippen LogP contribution < -0.4 is 10.5 Å². The second kappa shape index (κ2) is 7.24. The summed E-state index contributed by atoms with van der Waals surface area (Å²) in [4.78, 5) is 10.8. The maximum atomic E-state index is 14.4. The fourth-order valence-corrected chi connectivity index (χ4v) is 2.02. The highest BCUT2D eigenvalue weighted by atomic mass is 35.5. The van der Waals surface area contributed by atoms with E-state index in [0.717, 1.165) is 0 Å². The molecule has 0 unspecified atom stereocenters. The fourth-order valence-electron chi connectivity index (χ4n) is 1.83. The highest BCUT2D eigenvalue weighted by Crippen LogP contribution is 2.34. The normalized spacial score (nSPS) is 10.5. The van der Waals surface area contributed by atoms with Crippen molar-refractivity contribution in [3.8, 4) is 11.5 Å². The first-order chi connectivity index (χ1) is 10.5. The molecule has 0 fully saturated rings. The maximum Gasteiger partial charge on any atom is 0.218 e. The third kappa shape index (κ3) is 3.96. The van der Waals surface area contributed by atoms with Gasteiger partial charge in [0.15, 0.2) is 11.6 Å². The molecule has 3 N–H and O–H groups in total. The summed E-state index contributed by atoms with van der Waals surface area (Å²) in [6.07, 6.45) is 1.28. The number of halogens is 2. The quantitative estimate of drug-likeness (QED) is 0.858. The number of aliphatic hydroxyl groups is 1. The van der Waals surface area contributed by atoms with Gasteiger partial charge in [-0.05, 0) is 29.3 Å². The smallest absolute Gasteiger partial charge is 0.218 e. The van der Waals surface area contributed by atoms with Crippen LogP contribution in [0.4, 0.5) is 4.39 Å². The maximum absolute atomic E-state index is 14.4. The van der Waals surface area contributed by atoms with Crippen molar-refractivity contribution < 1.29 is 19.0 Å². The predicted octanol–water partition coefficient (Wildman–Crippen LogP) is 3.19. The van der Waals surface area contributed by atoms with Gasteiger partial charge in [-0.15, -0.1) is 0 Å². The van der Waals surface area contributed by atoms with Crippen molar-refractivity contribution in [2.45, 2.75) is 13.0 Å². The molecule has 115 valence electrons. The zero-order valence-electron chi connectivity index (χ0n) is 11.6. The number of hydrogen-bond donors (Lipinski definition) is 2. The van der Waals surface area contributed by atoms with Crippen LogP contribution in [-0.4, -0.2) is 11.0 Å². The summed E-state index contributed by atoms with van der Waals surface area (Å²) >= 11 is 5.97. The first-order valence-electron chi connectivity index (χ1n) is 6.48. The Bertz CT molecular complexity index is 691. The first kappa shape index (κ1) is 16.3. The minimum atomic E-state index is -0.678. The Morgan fingerprint density at radius 2 is 2.14 bits per heavy atom. The van der Waals surface area contributed by atoms with Crippen molar-refractivity contribution in [2.75, 3.05) is 0 Å². The lowest BCUT2D eigenvalue weighted by atomic mass is 10.1.